The third-order valence-corrected chi connectivity index (χ3v) is 3.14. The minimum atomic E-state index is 0.379. The van der Waals surface area contributed by atoms with E-state index in [1.807, 2.05) is 7.11 Å². The van der Waals surface area contributed by atoms with E-state index in [-0.39, 0.29) is 0 Å². The number of nitrogens with one attached hydrogen (secondary N) is 1. The number of hydrogen-bond acceptors (Lipinski definition) is 2. The van der Waals surface area contributed by atoms with Gasteiger partial charge in [0.1, 0.15) is 0 Å². The van der Waals surface area contributed by atoms with Crippen molar-refractivity contribution in [3.63, 3.8) is 0 Å². The Kier molecular flexibility index (Phi) is 9.12. The molecule has 2 heteroatoms. The second-order valence-electron chi connectivity index (χ2n) is 4.48. The largest absolute Gasteiger partial charge is 0.380 e. The Morgan fingerprint density at radius 1 is 1.20 bits per heavy atom. The van der Waals surface area contributed by atoms with Crippen LogP contribution in [0.4, 0.5) is 0 Å². The number of rotatable bonds is 9. The zero-order valence-corrected chi connectivity index (χ0v) is 11.2. The van der Waals surface area contributed by atoms with Crippen molar-refractivity contribution >= 4 is 0 Å². The zero-order valence-electron chi connectivity index (χ0n) is 11.2. The van der Waals surface area contributed by atoms with Gasteiger partial charge in [0.15, 0.2) is 0 Å². The van der Waals surface area contributed by atoms with Gasteiger partial charge in [-0.15, -0.1) is 0 Å². The van der Waals surface area contributed by atoms with Gasteiger partial charge in [0.2, 0.25) is 0 Å². The highest BCUT2D eigenvalue weighted by atomic mass is 16.5. The Hall–Kier alpha value is -0.0800. The molecule has 2 nitrogen and oxygen atoms in total. The summed E-state index contributed by atoms with van der Waals surface area (Å²) in [5, 5.41) is 3.56. The molecule has 0 amide bonds. The van der Waals surface area contributed by atoms with Crippen molar-refractivity contribution in [1.82, 2.24) is 5.32 Å². The highest BCUT2D eigenvalue weighted by molar-refractivity contribution is 4.78. The van der Waals surface area contributed by atoms with Gasteiger partial charge in [-0.25, -0.2) is 0 Å². The highest BCUT2D eigenvalue weighted by Crippen LogP contribution is 2.16. The summed E-state index contributed by atoms with van der Waals surface area (Å²) in [6.45, 7) is 10.0. The Morgan fingerprint density at radius 3 is 2.27 bits per heavy atom. The van der Waals surface area contributed by atoms with Crippen molar-refractivity contribution in [3.8, 4) is 0 Å². The lowest BCUT2D eigenvalue weighted by atomic mass is 9.94. The molecule has 15 heavy (non-hydrogen) atoms. The van der Waals surface area contributed by atoms with E-state index in [0.717, 1.165) is 18.9 Å². The Balaban J connectivity index is 4.19. The van der Waals surface area contributed by atoms with Crippen molar-refractivity contribution in [3.05, 3.63) is 0 Å². The van der Waals surface area contributed by atoms with Gasteiger partial charge >= 0.3 is 0 Å². The van der Waals surface area contributed by atoms with Crippen molar-refractivity contribution in [2.24, 2.45) is 5.92 Å². The predicted molar refractivity (Wildman–Crippen MR) is 67.2 cm³/mol. The lowest BCUT2D eigenvalue weighted by Gasteiger charge is -2.28. The second kappa shape index (κ2) is 9.17. The average Bonchev–Trinajstić information content (AvgIpc) is 2.25. The summed E-state index contributed by atoms with van der Waals surface area (Å²) in [6, 6.07) is 0.523. The summed E-state index contributed by atoms with van der Waals surface area (Å²) in [4.78, 5) is 0. The molecule has 0 heterocycles. The second-order valence-corrected chi connectivity index (χ2v) is 4.48. The van der Waals surface area contributed by atoms with Crippen LogP contribution >= 0.6 is 0 Å². The van der Waals surface area contributed by atoms with Gasteiger partial charge in [0.05, 0.1) is 6.10 Å². The van der Waals surface area contributed by atoms with Gasteiger partial charge in [0.25, 0.3) is 0 Å². The van der Waals surface area contributed by atoms with Crippen molar-refractivity contribution in [1.29, 1.82) is 0 Å². The Morgan fingerprint density at radius 2 is 1.87 bits per heavy atom. The first-order chi connectivity index (χ1) is 7.19. The van der Waals surface area contributed by atoms with Crippen molar-refractivity contribution in [2.75, 3.05) is 13.7 Å². The molecular formula is C13H29NO. The van der Waals surface area contributed by atoms with Crippen LogP contribution in [-0.4, -0.2) is 25.8 Å². The maximum absolute atomic E-state index is 5.59. The summed E-state index contributed by atoms with van der Waals surface area (Å²) in [6.07, 6.45) is 5.21. The molecule has 0 aromatic heterocycles. The van der Waals surface area contributed by atoms with Crippen LogP contribution in [0.25, 0.3) is 0 Å². The Bertz CT molecular complexity index is 138. The maximum atomic E-state index is 5.59. The first-order valence-electron chi connectivity index (χ1n) is 6.45. The normalized spacial score (nSPS) is 17.4. The third kappa shape index (κ3) is 6.16. The van der Waals surface area contributed by atoms with Crippen LogP contribution in [0.3, 0.4) is 0 Å². The van der Waals surface area contributed by atoms with E-state index in [1.165, 1.54) is 19.3 Å². The van der Waals surface area contributed by atoms with E-state index in [9.17, 15) is 0 Å². The van der Waals surface area contributed by atoms with Gasteiger partial charge in [-0.2, -0.15) is 0 Å². The van der Waals surface area contributed by atoms with Gasteiger partial charge in [-0.3, -0.25) is 0 Å². The molecule has 0 bridgehead atoms. The molecule has 0 spiro atoms. The van der Waals surface area contributed by atoms with Crippen LogP contribution < -0.4 is 5.32 Å². The molecule has 3 atom stereocenters. The first kappa shape index (κ1) is 14.9. The predicted octanol–water partition coefficient (Wildman–Crippen LogP) is 3.22. The Labute approximate surface area is 95.8 Å². The van der Waals surface area contributed by atoms with E-state index in [2.05, 4.69) is 33.0 Å². The maximum Gasteiger partial charge on any atom is 0.0724 e. The smallest absolute Gasteiger partial charge is 0.0724 e. The molecule has 1 N–H and O–H groups in total. The number of likely N-dealkylation sites (N-methyl/N-ethyl adjacent to an activating group) is 1. The monoisotopic (exact) mass is 215 g/mol. The highest BCUT2D eigenvalue weighted by Gasteiger charge is 2.21. The minimum Gasteiger partial charge on any atom is -0.380 e. The molecule has 0 aliphatic carbocycles. The van der Waals surface area contributed by atoms with Crippen LogP contribution in [0.5, 0.6) is 0 Å². The summed E-state index contributed by atoms with van der Waals surface area (Å²) < 4.78 is 5.59. The fourth-order valence-corrected chi connectivity index (χ4v) is 2.00. The summed E-state index contributed by atoms with van der Waals surface area (Å²) in [7, 11) is 1.83. The van der Waals surface area contributed by atoms with Crippen LogP contribution in [0.15, 0.2) is 0 Å². The van der Waals surface area contributed by atoms with Crippen LogP contribution in [-0.2, 0) is 4.74 Å². The third-order valence-electron chi connectivity index (χ3n) is 3.14. The van der Waals surface area contributed by atoms with E-state index in [1.54, 1.807) is 0 Å². The molecule has 3 unspecified atom stereocenters. The fourth-order valence-electron chi connectivity index (χ4n) is 2.00. The molecule has 92 valence electrons. The zero-order chi connectivity index (χ0) is 11.7. The van der Waals surface area contributed by atoms with E-state index >= 15 is 0 Å². The first-order valence-corrected chi connectivity index (χ1v) is 6.45. The van der Waals surface area contributed by atoms with Crippen LogP contribution in [0, 0.1) is 5.92 Å². The molecular weight excluding hydrogens is 186 g/mol. The molecule has 0 aromatic carbocycles. The summed E-state index contributed by atoms with van der Waals surface area (Å²) >= 11 is 0. The van der Waals surface area contributed by atoms with Crippen LogP contribution in [0.1, 0.15) is 53.4 Å². The quantitative estimate of drug-likeness (QED) is 0.637. The fraction of sp³-hybridized carbons (Fsp3) is 1.00. The van der Waals surface area contributed by atoms with Gasteiger partial charge in [0, 0.05) is 13.2 Å². The standard InChI is InChI=1S/C13H29NO/c1-6-9-13(15-5)12(14-8-3)10-11(4)7-2/h11-14H,6-10H2,1-5H3. The number of ether oxygens (including phenoxy) is 1. The number of methoxy groups -OCH3 is 1. The van der Waals surface area contributed by atoms with Crippen molar-refractivity contribution in [2.45, 2.75) is 65.5 Å². The average molecular weight is 215 g/mol. The molecule has 0 rings (SSSR count). The molecule has 0 saturated heterocycles. The van der Waals surface area contributed by atoms with E-state index in [4.69, 9.17) is 4.74 Å². The summed E-state index contributed by atoms with van der Waals surface area (Å²) in [5.74, 6) is 0.781. The molecule has 0 aliphatic heterocycles. The topological polar surface area (TPSA) is 21.3 Å². The minimum absolute atomic E-state index is 0.379. The van der Waals surface area contributed by atoms with Gasteiger partial charge in [-0.05, 0) is 25.3 Å². The van der Waals surface area contributed by atoms with E-state index in [0.29, 0.717) is 12.1 Å². The molecule has 0 radical (unpaired) electrons. The molecule has 0 saturated carbocycles. The van der Waals surface area contributed by atoms with Gasteiger partial charge in [-0.1, -0.05) is 40.5 Å². The molecule has 0 fully saturated rings. The van der Waals surface area contributed by atoms with E-state index < -0.39 is 0 Å². The number of hydrogen-bond donors (Lipinski definition) is 1. The van der Waals surface area contributed by atoms with Gasteiger partial charge < -0.3 is 10.1 Å². The lowest BCUT2D eigenvalue weighted by Crippen LogP contribution is -2.42. The summed E-state index contributed by atoms with van der Waals surface area (Å²) in [5.41, 5.74) is 0. The lowest BCUT2D eigenvalue weighted by molar-refractivity contribution is 0.0536. The molecule has 0 aliphatic rings. The van der Waals surface area contributed by atoms with Crippen LogP contribution in [0.2, 0.25) is 0 Å². The SMILES string of the molecule is CCCC(OC)C(CC(C)CC)NCC. The van der Waals surface area contributed by atoms with Crippen molar-refractivity contribution < 1.29 is 4.74 Å². The molecule has 0 aromatic rings.